The standard InChI is InChI=1S/C20H31N3O2.ClH/c24-18(17-4-2-6-23(17)19(25)16-3-1-5-21-16)22-20-10-13-7-14(11-20)9-15(8-13)12-20;/h13-17,21H,1-12H2,(H,22,24);1H/t13?,14?,15?,16-,17?,20?;/m0./s1. The third-order valence-corrected chi connectivity index (χ3v) is 7.62. The van der Waals surface area contributed by atoms with Gasteiger partial charge in [-0.1, -0.05) is 0 Å². The summed E-state index contributed by atoms with van der Waals surface area (Å²) >= 11 is 0. The summed E-state index contributed by atoms with van der Waals surface area (Å²) in [5.41, 5.74) is 0.0503. The molecule has 26 heavy (non-hydrogen) atoms. The van der Waals surface area contributed by atoms with Gasteiger partial charge in [0.2, 0.25) is 11.8 Å². The van der Waals surface area contributed by atoms with Crippen LogP contribution in [0, 0.1) is 17.8 Å². The highest BCUT2D eigenvalue weighted by molar-refractivity contribution is 5.90. The van der Waals surface area contributed by atoms with E-state index < -0.39 is 0 Å². The number of rotatable bonds is 3. The van der Waals surface area contributed by atoms with E-state index in [1.807, 2.05) is 4.90 Å². The Morgan fingerprint density at radius 3 is 2.19 bits per heavy atom. The molecule has 2 saturated heterocycles. The van der Waals surface area contributed by atoms with Crippen molar-refractivity contribution in [3.63, 3.8) is 0 Å². The van der Waals surface area contributed by atoms with E-state index in [0.29, 0.717) is 0 Å². The Bertz CT molecular complexity index is 540. The zero-order valence-electron chi connectivity index (χ0n) is 15.5. The van der Waals surface area contributed by atoms with E-state index in [4.69, 9.17) is 0 Å². The molecular formula is C20H32ClN3O2. The Balaban J connectivity index is 0.00000168. The fourth-order valence-corrected chi connectivity index (χ4v) is 7.01. The van der Waals surface area contributed by atoms with Crippen LogP contribution in [0.3, 0.4) is 0 Å². The van der Waals surface area contributed by atoms with Crippen LogP contribution >= 0.6 is 12.4 Å². The second-order valence-corrected chi connectivity index (χ2v) is 9.53. The first-order chi connectivity index (χ1) is 12.1. The van der Waals surface area contributed by atoms with Crippen LogP contribution in [0.5, 0.6) is 0 Å². The smallest absolute Gasteiger partial charge is 0.243 e. The zero-order valence-corrected chi connectivity index (χ0v) is 16.4. The lowest BCUT2D eigenvalue weighted by molar-refractivity contribution is -0.142. The van der Waals surface area contributed by atoms with Gasteiger partial charge in [-0.25, -0.2) is 0 Å². The Labute approximate surface area is 162 Å². The van der Waals surface area contributed by atoms with E-state index in [2.05, 4.69) is 10.6 Å². The fourth-order valence-electron chi connectivity index (χ4n) is 7.01. The fraction of sp³-hybridized carbons (Fsp3) is 0.900. The molecule has 6 rings (SSSR count). The van der Waals surface area contributed by atoms with Crippen molar-refractivity contribution < 1.29 is 9.59 Å². The summed E-state index contributed by atoms with van der Waals surface area (Å²) in [5.74, 6) is 2.77. The van der Waals surface area contributed by atoms with Crippen molar-refractivity contribution in [1.29, 1.82) is 0 Å². The average molecular weight is 382 g/mol. The number of nitrogens with zero attached hydrogens (tertiary/aromatic N) is 1. The largest absolute Gasteiger partial charge is 0.349 e. The van der Waals surface area contributed by atoms with Crippen molar-refractivity contribution in [2.75, 3.05) is 13.1 Å². The molecule has 6 fully saturated rings. The van der Waals surface area contributed by atoms with E-state index in [0.717, 1.165) is 56.5 Å². The first kappa shape index (κ1) is 18.5. The predicted molar refractivity (Wildman–Crippen MR) is 102 cm³/mol. The summed E-state index contributed by atoms with van der Waals surface area (Å²) in [6.45, 7) is 1.67. The van der Waals surface area contributed by atoms with Crippen LogP contribution < -0.4 is 10.6 Å². The number of carbonyl (C=O) groups is 2. The number of nitrogens with one attached hydrogen (secondary N) is 2. The zero-order chi connectivity index (χ0) is 17.0. The van der Waals surface area contributed by atoms with Gasteiger partial charge < -0.3 is 15.5 Å². The molecule has 4 aliphatic carbocycles. The Morgan fingerprint density at radius 1 is 0.962 bits per heavy atom. The molecule has 4 saturated carbocycles. The maximum atomic E-state index is 13.1. The van der Waals surface area contributed by atoms with Crippen LogP contribution in [-0.4, -0.2) is 47.4 Å². The molecule has 0 aromatic heterocycles. The first-order valence-electron chi connectivity index (χ1n) is 10.5. The molecule has 2 heterocycles. The van der Waals surface area contributed by atoms with Crippen molar-refractivity contribution in [1.82, 2.24) is 15.5 Å². The van der Waals surface area contributed by atoms with Crippen molar-refractivity contribution in [2.45, 2.75) is 81.8 Å². The van der Waals surface area contributed by atoms with E-state index in [1.54, 1.807) is 0 Å². The topological polar surface area (TPSA) is 61.4 Å². The van der Waals surface area contributed by atoms with Crippen molar-refractivity contribution >= 4 is 24.2 Å². The molecule has 2 aliphatic heterocycles. The highest BCUT2D eigenvalue weighted by Crippen LogP contribution is 2.55. The van der Waals surface area contributed by atoms with Gasteiger partial charge in [-0.2, -0.15) is 0 Å². The van der Waals surface area contributed by atoms with Gasteiger partial charge in [-0.3, -0.25) is 9.59 Å². The van der Waals surface area contributed by atoms with Gasteiger partial charge in [0.05, 0.1) is 6.04 Å². The summed E-state index contributed by atoms with van der Waals surface area (Å²) in [6.07, 6.45) is 11.4. The predicted octanol–water partition coefficient (Wildman–Crippen LogP) is 2.24. The van der Waals surface area contributed by atoms with Crippen LogP contribution in [0.1, 0.15) is 64.2 Å². The molecule has 0 radical (unpaired) electrons. The van der Waals surface area contributed by atoms with Crippen molar-refractivity contribution in [3.8, 4) is 0 Å². The van der Waals surface area contributed by atoms with E-state index in [-0.39, 0.29) is 41.8 Å². The van der Waals surface area contributed by atoms with Gasteiger partial charge in [-0.05, 0) is 88.5 Å². The van der Waals surface area contributed by atoms with Crippen molar-refractivity contribution in [3.05, 3.63) is 0 Å². The minimum absolute atomic E-state index is 0. The monoisotopic (exact) mass is 381 g/mol. The Morgan fingerprint density at radius 2 is 1.62 bits per heavy atom. The highest BCUT2D eigenvalue weighted by Gasteiger charge is 2.52. The molecule has 1 unspecified atom stereocenters. The average Bonchev–Trinajstić information content (AvgIpc) is 3.24. The van der Waals surface area contributed by atoms with E-state index in [9.17, 15) is 9.59 Å². The number of carbonyl (C=O) groups excluding carboxylic acids is 2. The molecule has 0 spiro atoms. The van der Waals surface area contributed by atoms with Gasteiger partial charge in [-0.15, -0.1) is 12.4 Å². The summed E-state index contributed by atoms with van der Waals surface area (Å²) < 4.78 is 0. The number of halogens is 1. The van der Waals surface area contributed by atoms with E-state index >= 15 is 0 Å². The minimum Gasteiger partial charge on any atom is -0.349 e. The number of hydrogen-bond donors (Lipinski definition) is 2. The van der Waals surface area contributed by atoms with Gasteiger partial charge in [0.15, 0.2) is 0 Å². The molecule has 2 N–H and O–H groups in total. The summed E-state index contributed by atoms with van der Waals surface area (Å²) in [4.78, 5) is 27.8. The normalized spacial score (nSPS) is 43.4. The van der Waals surface area contributed by atoms with Crippen LogP contribution in [0.4, 0.5) is 0 Å². The molecule has 4 bridgehead atoms. The van der Waals surface area contributed by atoms with Gasteiger partial charge in [0.25, 0.3) is 0 Å². The minimum atomic E-state index is -0.233. The lowest BCUT2D eigenvalue weighted by atomic mass is 9.53. The molecule has 6 heteroatoms. The molecule has 2 amide bonds. The third-order valence-electron chi connectivity index (χ3n) is 7.62. The van der Waals surface area contributed by atoms with Crippen LogP contribution in [0.15, 0.2) is 0 Å². The van der Waals surface area contributed by atoms with Gasteiger partial charge >= 0.3 is 0 Å². The molecule has 0 aromatic rings. The SMILES string of the molecule is Cl.O=C(NC12CC3CC(CC(C3)C1)C2)C1CCCN1C(=O)[C@@H]1CCCN1. The van der Waals surface area contributed by atoms with Gasteiger partial charge in [0, 0.05) is 12.1 Å². The quantitative estimate of drug-likeness (QED) is 0.788. The number of amides is 2. The van der Waals surface area contributed by atoms with Crippen LogP contribution in [0.25, 0.3) is 0 Å². The lowest BCUT2D eigenvalue weighted by Crippen LogP contribution is -2.62. The van der Waals surface area contributed by atoms with Crippen LogP contribution in [0.2, 0.25) is 0 Å². The second-order valence-electron chi connectivity index (χ2n) is 9.53. The first-order valence-corrected chi connectivity index (χ1v) is 10.5. The number of hydrogen-bond acceptors (Lipinski definition) is 3. The maximum Gasteiger partial charge on any atom is 0.243 e. The summed E-state index contributed by atoms with van der Waals surface area (Å²) in [6, 6.07) is -0.296. The summed E-state index contributed by atoms with van der Waals surface area (Å²) in [7, 11) is 0. The Hall–Kier alpha value is -0.810. The molecule has 6 aliphatic rings. The van der Waals surface area contributed by atoms with E-state index in [1.165, 1.54) is 38.5 Å². The molecule has 5 nitrogen and oxygen atoms in total. The van der Waals surface area contributed by atoms with Gasteiger partial charge in [0.1, 0.15) is 6.04 Å². The molecule has 146 valence electrons. The second kappa shape index (κ2) is 6.97. The molecule has 0 aromatic carbocycles. The Kier molecular flexibility index (Phi) is 4.98. The maximum absolute atomic E-state index is 13.1. The lowest BCUT2D eigenvalue weighted by Gasteiger charge is -2.57. The van der Waals surface area contributed by atoms with Crippen LogP contribution in [-0.2, 0) is 9.59 Å². The molecule has 2 atom stereocenters. The number of likely N-dealkylation sites (tertiary alicyclic amines) is 1. The molecular weight excluding hydrogens is 350 g/mol. The highest BCUT2D eigenvalue weighted by atomic mass is 35.5. The summed E-state index contributed by atoms with van der Waals surface area (Å²) in [5, 5.41) is 6.79. The van der Waals surface area contributed by atoms with Crippen molar-refractivity contribution in [2.24, 2.45) is 17.8 Å². The third kappa shape index (κ3) is 3.15.